The molecule has 1 aliphatic carbocycles. The molecule has 0 spiro atoms. The van der Waals surface area contributed by atoms with Crippen LogP contribution in [0.3, 0.4) is 0 Å². The van der Waals surface area contributed by atoms with Gasteiger partial charge in [0.05, 0.1) is 0 Å². The van der Waals surface area contributed by atoms with E-state index in [1.54, 1.807) is 6.08 Å². The van der Waals surface area contributed by atoms with Crippen molar-refractivity contribution < 1.29 is 4.74 Å². The van der Waals surface area contributed by atoms with E-state index in [1.165, 1.54) is 58.0 Å². The third kappa shape index (κ3) is 7.48. The van der Waals surface area contributed by atoms with Gasteiger partial charge in [-0.3, -0.25) is 4.99 Å². The van der Waals surface area contributed by atoms with Crippen molar-refractivity contribution in [3.8, 4) is 5.75 Å². The molecule has 29 heavy (non-hydrogen) atoms. The summed E-state index contributed by atoms with van der Waals surface area (Å²) in [4.78, 5) is 7.14. The number of para-hydroxylation sites is 1. The van der Waals surface area contributed by atoms with E-state index in [-0.39, 0.29) is 24.0 Å². The Bertz CT molecular complexity index is 638. The molecule has 0 radical (unpaired) electrons. The second kappa shape index (κ2) is 13.1. The quantitative estimate of drug-likeness (QED) is 0.247. The monoisotopic (exact) mass is 512 g/mol. The zero-order valence-corrected chi connectivity index (χ0v) is 20.1. The van der Waals surface area contributed by atoms with Gasteiger partial charge in [-0.25, -0.2) is 0 Å². The Hall–Kier alpha value is -1.28. The average Bonchev–Trinajstić information content (AvgIpc) is 2.76. The van der Waals surface area contributed by atoms with Crippen LogP contribution in [0.2, 0.25) is 0 Å². The summed E-state index contributed by atoms with van der Waals surface area (Å²) in [5.41, 5.74) is 1.12. The van der Waals surface area contributed by atoms with Crippen molar-refractivity contribution in [1.82, 2.24) is 15.5 Å². The number of nitrogens with zero attached hydrogens (tertiary/aromatic N) is 2. The minimum Gasteiger partial charge on any atom is -0.489 e. The Labute approximate surface area is 193 Å². The van der Waals surface area contributed by atoms with Crippen molar-refractivity contribution in [1.29, 1.82) is 0 Å². The lowest BCUT2D eigenvalue weighted by molar-refractivity contribution is 0.119. The average molecular weight is 512 g/mol. The number of guanidine groups is 1. The van der Waals surface area contributed by atoms with Gasteiger partial charge in [0.15, 0.2) is 5.96 Å². The van der Waals surface area contributed by atoms with Crippen molar-refractivity contribution in [2.45, 2.75) is 63.6 Å². The SMILES string of the molecule is C=CCOc1ccccc1CNC(=NC)NC1CCN(C2CCCCC2)CC1.I. The predicted octanol–water partition coefficient (Wildman–Crippen LogP) is 4.33. The minimum atomic E-state index is 0. The first-order valence-electron chi connectivity index (χ1n) is 10.8. The van der Waals surface area contributed by atoms with Gasteiger partial charge in [-0.15, -0.1) is 24.0 Å². The molecule has 1 saturated carbocycles. The number of likely N-dealkylation sites (tertiary alicyclic amines) is 1. The molecule has 0 amide bonds. The molecule has 1 aromatic rings. The first-order chi connectivity index (χ1) is 13.8. The zero-order valence-electron chi connectivity index (χ0n) is 17.7. The van der Waals surface area contributed by atoms with E-state index >= 15 is 0 Å². The number of piperidine rings is 1. The fourth-order valence-corrected chi connectivity index (χ4v) is 4.36. The highest BCUT2D eigenvalue weighted by Gasteiger charge is 2.26. The summed E-state index contributed by atoms with van der Waals surface area (Å²) in [6, 6.07) is 9.45. The lowest BCUT2D eigenvalue weighted by Crippen LogP contribution is -2.50. The number of hydrogen-bond acceptors (Lipinski definition) is 3. The zero-order chi connectivity index (χ0) is 19.6. The summed E-state index contributed by atoms with van der Waals surface area (Å²) in [6.07, 6.45) is 11.2. The van der Waals surface area contributed by atoms with Crippen LogP contribution in [0.5, 0.6) is 5.75 Å². The molecule has 2 aliphatic rings. The standard InChI is InChI=1S/C23H36N4O.HI/c1-3-17-28-22-12-8-7-9-19(22)18-25-23(24-2)26-20-13-15-27(16-14-20)21-10-5-4-6-11-21;/h3,7-9,12,20-21H,1,4-6,10-11,13-18H2,2H3,(H2,24,25,26);1H. The maximum atomic E-state index is 5.75. The van der Waals surface area contributed by atoms with Crippen molar-refractivity contribution in [2.75, 3.05) is 26.7 Å². The van der Waals surface area contributed by atoms with Crippen LogP contribution in [0.25, 0.3) is 0 Å². The summed E-state index contributed by atoms with van der Waals surface area (Å²) in [6.45, 7) is 7.34. The van der Waals surface area contributed by atoms with Crippen LogP contribution in [0, 0.1) is 0 Å². The number of rotatable bonds is 7. The van der Waals surface area contributed by atoms with Crippen LogP contribution in [-0.2, 0) is 6.54 Å². The van der Waals surface area contributed by atoms with E-state index in [0.29, 0.717) is 19.2 Å². The Morgan fingerprint density at radius 1 is 1.17 bits per heavy atom. The minimum absolute atomic E-state index is 0. The van der Waals surface area contributed by atoms with Crippen LogP contribution in [-0.4, -0.2) is 49.7 Å². The summed E-state index contributed by atoms with van der Waals surface area (Å²) in [5.74, 6) is 1.76. The van der Waals surface area contributed by atoms with E-state index in [4.69, 9.17) is 4.74 Å². The van der Waals surface area contributed by atoms with Gasteiger partial charge in [-0.1, -0.05) is 50.1 Å². The van der Waals surface area contributed by atoms with Crippen molar-refractivity contribution in [2.24, 2.45) is 4.99 Å². The molecular weight excluding hydrogens is 475 g/mol. The Morgan fingerprint density at radius 3 is 2.59 bits per heavy atom. The van der Waals surface area contributed by atoms with Crippen LogP contribution >= 0.6 is 24.0 Å². The van der Waals surface area contributed by atoms with E-state index in [9.17, 15) is 0 Å². The van der Waals surface area contributed by atoms with E-state index < -0.39 is 0 Å². The van der Waals surface area contributed by atoms with Gasteiger partial charge in [0.1, 0.15) is 12.4 Å². The van der Waals surface area contributed by atoms with Gasteiger partial charge in [0.2, 0.25) is 0 Å². The fourth-order valence-electron chi connectivity index (χ4n) is 4.36. The summed E-state index contributed by atoms with van der Waals surface area (Å²) in [7, 11) is 1.84. The molecule has 162 valence electrons. The highest BCUT2D eigenvalue weighted by Crippen LogP contribution is 2.25. The normalized spacial score (nSPS) is 19.3. The maximum Gasteiger partial charge on any atom is 0.191 e. The topological polar surface area (TPSA) is 48.9 Å². The molecular formula is C23H37IN4O. The number of benzene rings is 1. The second-order valence-corrected chi connectivity index (χ2v) is 7.88. The molecule has 2 N–H and O–H groups in total. The van der Waals surface area contributed by atoms with Crippen LogP contribution in [0.1, 0.15) is 50.5 Å². The molecule has 6 heteroatoms. The number of nitrogens with one attached hydrogen (secondary N) is 2. The van der Waals surface area contributed by atoms with E-state index in [2.05, 4.69) is 33.2 Å². The lowest BCUT2D eigenvalue weighted by Gasteiger charge is -2.39. The number of ether oxygens (including phenoxy) is 1. The molecule has 1 heterocycles. The molecule has 0 bridgehead atoms. The fraction of sp³-hybridized carbons (Fsp3) is 0.609. The lowest BCUT2D eigenvalue weighted by atomic mass is 9.92. The summed E-state index contributed by atoms with van der Waals surface area (Å²) < 4.78 is 5.75. The number of aliphatic imine (C=N–C) groups is 1. The summed E-state index contributed by atoms with van der Waals surface area (Å²) >= 11 is 0. The van der Waals surface area contributed by atoms with Crippen LogP contribution in [0.15, 0.2) is 41.9 Å². The molecule has 0 unspecified atom stereocenters. The maximum absolute atomic E-state index is 5.75. The van der Waals surface area contributed by atoms with Gasteiger partial charge in [0, 0.05) is 44.3 Å². The number of halogens is 1. The van der Waals surface area contributed by atoms with Crippen LogP contribution in [0.4, 0.5) is 0 Å². The molecule has 1 aromatic carbocycles. The molecule has 5 nitrogen and oxygen atoms in total. The van der Waals surface area contributed by atoms with E-state index in [0.717, 1.165) is 23.3 Å². The molecule has 1 saturated heterocycles. The van der Waals surface area contributed by atoms with Crippen molar-refractivity contribution in [3.05, 3.63) is 42.5 Å². The Balaban J connectivity index is 0.00000300. The second-order valence-electron chi connectivity index (χ2n) is 7.88. The van der Waals surface area contributed by atoms with Gasteiger partial charge in [-0.2, -0.15) is 0 Å². The Kier molecular flexibility index (Phi) is 10.8. The van der Waals surface area contributed by atoms with Crippen LogP contribution < -0.4 is 15.4 Å². The molecule has 2 fully saturated rings. The highest BCUT2D eigenvalue weighted by molar-refractivity contribution is 14.0. The van der Waals surface area contributed by atoms with Gasteiger partial charge < -0.3 is 20.3 Å². The van der Waals surface area contributed by atoms with Gasteiger partial charge in [-0.05, 0) is 31.7 Å². The van der Waals surface area contributed by atoms with Gasteiger partial charge >= 0.3 is 0 Å². The highest BCUT2D eigenvalue weighted by atomic mass is 127. The first-order valence-corrected chi connectivity index (χ1v) is 10.8. The first kappa shape index (κ1) is 24.0. The van der Waals surface area contributed by atoms with Gasteiger partial charge in [0.25, 0.3) is 0 Å². The predicted molar refractivity (Wildman–Crippen MR) is 132 cm³/mol. The summed E-state index contributed by atoms with van der Waals surface area (Å²) in [5, 5.41) is 7.06. The van der Waals surface area contributed by atoms with E-state index in [1.807, 2.05) is 25.2 Å². The molecule has 3 rings (SSSR count). The van der Waals surface area contributed by atoms with Crippen molar-refractivity contribution in [3.63, 3.8) is 0 Å². The Morgan fingerprint density at radius 2 is 1.90 bits per heavy atom. The molecule has 1 aliphatic heterocycles. The largest absolute Gasteiger partial charge is 0.489 e. The molecule has 0 aromatic heterocycles. The smallest absolute Gasteiger partial charge is 0.191 e. The third-order valence-electron chi connectivity index (χ3n) is 5.96. The molecule has 0 atom stereocenters. The number of hydrogen-bond donors (Lipinski definition) is 2. The third-order valence-corrected chi connectivity index (χ3v) is 5.96. The van der Waals surface area contributed by atoms with Crippen molar-refractivity contribution >= 4 is 29.9 Å².